The molecule has 122 valence electrons. The molecule has 22 heavy (non-hydrogen) atoms. The highest BCUT2D eigenvalue weighted by molar-refractivity contribution is 7.89. The summed E-state index contributed by atoms with van der Waals surface area (Å²) >= 11 is 0. The number of benzene rings is 1. The van der Waals surface area contributed by atoms with Gasteiger partial charge in [-0.2, -0.15) is 4.31 Å². The number of rotatable bonds is 4. The maximum Gasteiger partial charge on any atom is 0.273 e. The topological polar surface area (TPSA) is 107 Å². The van der Waals surface area contributed by atoms with Crippen LogP contribution < -0.4 is 5.73 Å². The largest absolute Gasteiger partial charge is 0.329 e. The fraction of sp³-hybridized carbons (Fsp3) is 0.571. The van der Waals surface area contributed by atoms with E-state index < -0.39 is 14.9 Å². The lowest BCUT2D eigenvalue weighted by molar-refractivity contribution is -0.385. The molecule has 2 N–H and O–H groups in total. The number of nitrogens with two attached hydrogens (primary N) is 1. The van der Waals surface area contributed by atoms with Crippen LogP contribution in [-0.2, 0) is 10.0 Å². The zero-order chi connectivity index (χ0) is 16.5. The molecule has 1 aromatic carbocycles. The fourth-order valence-electron chi connectivity index (χ4n) is 2.84. The van der Waals surface area contributed by atoms with Crippen molar-refractivity contribution >= 4 is 15.7 Å². The summed E-state index contributed by atoms with van der Waals surface area (Å²) in [5.41, 5.74) is 5.97. The maximum absolute atomic E-state index is 12.8. The van der Waals surface area contributed by atoms with Gasteiger partial charge < -0.3 is 5.73 Å². The monoisotopic (exact) mass is 327 g/mol. The minimum atomic E-state index is -3.77. The molecule has 2 atom stereocenters. The van der Waals surface area contributed by atoms with Gasteiger partial charge in [0.15, 0.2) is 0 Å². The molecule has 0 bridgehead atoms. The minimum Gasteiger partial charge on any atom is -0.329 e. The van der Waals surface area contributed by atoms with Gasteiger partial charge in [0.2, 0.25) is 10.0 Å². The van der Waals surface area contributed by atoms with E-state index in [0.717, 1.165) is 12.5 Å². The SMILES string of the molecule is Cc1ccc(S(=O)(=O)N2CCC(C)CC2CN)cc1[N+](=O)[O-]. The second-order valence-corrected chi connectivity index (χ2v) is 7.73. The van der Waals surface area contributed by atoms with E-state index in [1.54, 1.807) is 6.92 Å². The molecule has 8 heteroatoms. The second kappa shape index (κ2) is 6.31. The standard InChI is InChI=1S/C14H21N3O4S/c1-10-5-6-16(12(7-10)9-15)22(20,21)13-4-3-11(2)14(8-13)17(18)19/h3-4,8,10,12H,5-7,9,15H2,1-2H3. The Balaban J connectivity index is 2.42. The molecule has 0 spiro atoms. The molecule has 7 nitrogen and oxygen atoms in total. The molecular weight excluding hydrogens is 306 g/mol. The van der Waals surface area contributed by atoms with Crippen LogP contribution in [0.3, 0.4) is 0 Å². The molecule has 0 amide bonds. The van der Waals surface area contributed by atoms with E-state index >= 15 is 0 Å². The van der Waals surface area contributed by atoms with Crippen molar-refractivity contribution in [3.63, 3.8) is 0 Å². The Kier molecular flexibility index (Phi) is 4.84. The molecule has 0 aliphatic carbocycles. The first-order valence-electron chi connectivity index (χ1n) is 7.24. The summed E-state index contributed by atoms with van der Waals surface area (Å²) in [7, 11) is -3.77. The molecule has 1 fully saturated rings. The first-order valence-corrected chi connectivity index (χ1v) is 8.68. The second-order valence-electron chi connectivity index (χ2n) is 5.84. The highest BCUT2D eigenvalue weighted by atomic mass is 32.2. The predicted octanol–water partition coefficient (Wildman–Crippen LogP) is 1.65. The zero-order valence-electron chi connectivity index (χ0n) is 12.7. The van der Waals surface area contributed by atoms with Gasteiger partial charge in [0.1, 0.15) is 0 Å². The van der Waals surface area contributed by atoms with Crippen LogP contribution in [0.15, 0.2) is 23.1 Å². The molecule has 1 aromatic rings. The van der Waals surface area contributed by atoms with Gasteiger partial charge in [-0.15, -0.1) is 0 Å². The lowest BCUT2D eigenvalue weighted by Gasteiger charge is -2.36. The van der Waals surface area contributed by atoms with Gasteiger partial charge in [-0.25, -0.2) is 8.42 Å². The van der Waals surface area contributed by atoms with Gasteiger partial charge in [-0.05, 0) is 31.7 Å². The molecule has 1 aliphatic heterocycles. The van der Waals surface area contributed by atoms with Crippen molar-refractivity contribution in [2.24, 2.45) is 11.7 Å². The molecule has 2 rings (SSSR count). The van der Waals surface area contributed by atoms with Crippen LogP contribution in [0, 0.1) is 23.0 Å². The van der Waals surface area contributed by atoms with Gasteiger partial charge in [0, 0.05) is 30.8 Å². The highest BCUT2D eigenvalue weighted by Gasteiger charge is 2.35. The van der Waals surface area contributed by atoms with Crippen molar-refractivity contribution < 1.29 is 13.3 Å². The van der Waals surface area contributed by atoms with Crippen LogP contribution in [0.25, 0.3) is 0 Å². The number of sulfonamides is 1. The number of hydrogen-bond donors (Lipinski definition) is 1. The van der Waals surface area contributed by atoms with E-state index in [4.69, 9.17) is 5.73 Å². The number of piperidine rings is 1. The van der Waals surface area contributed by atoms with Gasteiger partial charge in [0.05, 0.1) is 9.82 Å². The van der Waals surface area contributed by atoms with E-state index in [2.05, 4.69) is 6.92 Å². The molecule has 1 heterocycles. The summed E-state index contributed by atoms with van der Waals surface area (Å²) < 4.78 is 27.0. The molecule has 0 aromatic heterocycles. The van der Waals surface area contributed by atoms with Crippen LogP contribution in [-0.4, -0.2) is 36.8 Å². The van der Waals surface area contributed by atoms with E-state index in [9.17, 15) is 18.5 Å². The van der Waals surface area contributed by atoms with Gasteiger partial charge in [-0.1, -0.05) is 13.0 Å². The summed E-state index contributed by atoms with van der Waals surface area (Å²) in [6, 6.07) is 3.77. The van der Waals surface area contributed by atoms with Crippen molar-refractivity contribution in [3.8, 4) is 0 Å². The normalized spacial score (nSPS) is 23.4. The third-order valence-electron chi connectivity index (χ3n) is 4.18. The van der Waals surface area contributed by atoms with Gasteiger partial charge >= 0.3 is 0 Å². The summed E-state index contributed by atoms with van der Waals surface area (Å²) in [4.78, 5) is 10.4. The van der Waals surface area contributed by atoms with Crippen molar-refractivity contribution in [1.82, 2.24) is 4.31 Å². The average molecular weight is 327 g/mol. The third-order valence-corrected chi connectivity index (χ3v) is 6.13. The minimum absolute atomic E-state index is 0.0437. The fourth-order valence-corrected chi connectivity index (χ4v) is 4.52. The number of nitro benzene ring substituents is 1. The van der Waals surface area contributed by atoms with Crippen LogP contribution in [0.1, 0.15) is 25.3 Å². The quantitative estimate of drug-likeness (QED) is 0.668. The summed E-state index contributed by atoms with van der Waals surface area (Å²) in [6.07, 6.45) is 1.48. The third kappa shape index (κ3) is 3.13. The van der Waals surface area contributed by atoms with Gasteiger partial charge in [-0.3, -0.25) is 10.1 Å². The Morgan fingerprint density at radius 3 is 2.73 bits per heavy atom. The van der Waals surface area contributed by atoms with Crippen LogP contribution in [0.4, 0.5) is 5.69 Å². The molecule has 1 saturated heterocycles. The van der Waals surface area contributed by atoms with Crippen LogP contribution >= 0.6 is 0 Å². The Hall–Kier alpha value is -1.51. The average Bonchev–Trinajstić information content (AvgIpc) is 2.46. The first-order chi connectivity index (χ1) is 10.3. The number of hydrogen-bond acceptors (Lipinski definition) is 5. The Morgan fingerprint density at radius 1 is 1.45 bits per heavy atom. The van der Waals surface area contributed by atoms with Crippen molar-refractivity contribution in [1.29, 1.82) is 0 Å². The Morgan fingerprint density at radius 2 is 2.14 bits per heavy atom. The lowest BCUT2D eigenvalue weighted by atomic mass is 9.94. The Bertz CT molecular complexity index is 675. The zero-order valence-corrected chi connectivity index (χ0v) is 13.5. The summed E-state index contributed by atoms with van der Waals surface area (Å²) in [5, 5.41) is 11.0. The van der Waals surface area contributed by atoms with E-state index in [0.29, 0.717) is 24.4 Å². The highest BCUT2D eigenvalue weighted by Crippen LogP contribution is 2.30. The van der Waals surface area contributed by atoms with Crippen LogP contribution in [0.5, 0.6) is 0 Å². The van der Waals surface area contributed by atoms with E-state index in [-0.39, 0.29) is 23.2 Å². The van der Waals surface area contributed by atoms with Crippen molar-refractivity contribution in [2.45, 2.75) is 37.6 Å². The predicted molar refractivity (Wildman–Crippen MR) is 83.0 cm³/mol. The summed E-state index contributed by atoms with van der Waals surface area (Å²) in [5.74, 6) is 0.423. The first kappa shape index (κ1) is 16.9. The molecular formula is C14H21N3O4S. The van der Waals surface area contributed by atoms with Crippen LogP contribution in [0.2, 0.25) is 0 Å². The molecule has 2 unspecified atom stereocenters. The van der Waals surface area contributed by atoms with E-state index in [1.807, 2.05) is 0 Å². The molecule has 1 aliphatic rings. The molecule has 0 radical (unpaired) electrons. The smallest absolute Gasteiger partial charge is 0.273 e. The van der Waals surface area contributed by atoms with Gasteiger partial charge in [0.25, 0.3) is 5.69 Å². The van der Waals surface area contributed by atoms with Crippen molar-refractivity contribution in [2.75, 3.05) is 13.1 Å². The Labute approximate surface area is 130 Å². The number of nitro groups is 1. The summed E-state index contributed by atoms with van der Waals surface area (Å²) in [6.45, 7) is 4.30. The van der Waals surface area contributed by atoms with E-state index in [1.165, 1.54) is 16.4 Å². The maximum atomic E-state index is 12.8. The number of nitrogens with zero attached hydrogens (tertiary/aromatic N) is 2. The molecule has 0 saturated carbocycles. The van der Waals surface area contributed by atoms with Crippen molar-refractivity contribution in [3.05, 3.63) is 33.9 Å². The lowest BCUT2D eigenvalue weighted by Crippen LogP contribution is -2.49. The number of aryl methyl sites for hydroxylation is 1.